The van der Waals surface area contributed by atoms with Crippen molar-refractivity contribution in [2.75, 3.05) is 11.1 Å². The fourth-order valence-corrected chi connectivity index (χ4v) is 3.20. The van der Waals surface area contributed by atoms with Crippen molar-refractivity contribution < 1.29 is 4.79 Å². The number of benzene rings is 1. The Kier molecular flexibility index (Phi) is 4.89. The number of amides is 1. The lowest BCUT2D eigenvalue weighted by Gasteiger charge is -2.04. The SMILES string of the molecule is Cn1c(SCC(=O)Nc2nncs2)nnc1-c1cccc(Cl)c1. The van der Waals surface area contributed by atoms with E-state index < -0.39 is 0 Å². The molecule has 7 nitrogen and oxygen atoms in total. The molecule has 0 atom stereocenters. The molecule has 23 heavy (non-hydrogen) atoms. The molecule has 2 heterocycles. The van der Waals surface area contributed by atoms with Crippen LogP contribution < -0.4 is 5.32 Å². The highest BCUT2D eigenvalue weighted by atomic mass is 35.5. The number of nitrogens with one attached hydrogen (secondary N) is 1. The van der Waals surface area contributed by atoms with Crippen molar-refractivity contribution in [2.45, 2.75) is 5.16 Å². The van der Waals surface area contributed by atoms with Crippen LogP contribution in [0.3, 0.4) is 0 Å². The van der Waals surface area contributed by atoms with Gasteiger partial charge >= 0.3 is 0 Å². The average molecular weight is 367 g/mol. The van der Waals surface area contributed by atoms with Gasteiger partial charge in [0.25, 0.3) is 0 Å². The molecule has 3 aromatic rings. The highest BCUT2D eigenvalue weighted by Gasteiger charge is 2.13. The van der Waals surface area contributed by atoms with Gasteiger partial charge in [-0.3, -0.25) is 10.1 Å². The predicted octanol–water partition coefficient (Wildman–Crippen LogP) is 2.72. The molecule has 0 radical (unpaired) electrons. The van der Waals surface area contributed by atoms with E-state index in [9.17, 15) is 4.79 Å². The first-order valence-electron chi connectivity index (χ1n) is 6.47. The normalized spacial score (nSPS) is 10.7. The number of thioether (sulfide) groups is 1. The summed E-state index contributed by atoms with van der Waals surface area (Å²) in [5.74, 6) is 0.736. The van der Waals surface area contributed by atoms with Crippen LogP contribution in [-0.2, 0) is 11.8 Å². The highest BCUT2D eigenvalue weighted by molar-refractivity contribution is 7.99. The summed E-state index contributed by atoms with van der Waals surface area (Å²) < 4.78 is 1.83. The molecular weight excluding hydrogens is 356 g/mol. The van der Waals surface area contributed by atoms with Crippen LogP contribution in [0.25, 0.3) is 11.4 Å². The zero-order valence-corrected chi connectivity index (χ0v) is 14.3. The molecule has 0 spiro atoms. The standard InChI is InChI=1S/C13H11ClN6OS2/c1-20-11(8-3-2-4-9(14)5-8)17-19-13(20)22-6-10(21)16-12-18-15-7-23-12/h2-5,7H,6H2,1H3,(H,16,18,21). The van der Waals surface area contributed by atoms with Crippen LogP contribution in [0.2, 0.25) is 5.02 Å². The fraction of sp³-hybridized carbons (Fsp3) is 0.154. The number of carbonyl (C=O) groups excluding carboxylic acids is 1. The van der Waals surface area contributed by atoms with Crippen LogP contribution in [0.15, 0.2) is 34.9 Å². The van der Waals surface area contributed by atoms with Gasteiger partial charge in [-0.25, -0.2) is 0 Å². The quantitative estimate of drug-likeness (QED) is 0.699. The average Bonchev–Trinajstić information content (AvgIpc) is 3.15. The molecule has 1 aromatic carbocycles. The van der Waals surface area contributed by atoms with Crippen molar-refractivity contribution in [1.82, 2.24) is 25.0 Å². The van der Waals surface area contributed by atoms with Crippen molar-refractivity contribution >= 4 is 45.7 Å². The van der Waals surface area contributed by atoms with Crippen LogP contribution in [0, 0.1) is 0 Å². The molecule has 0 saturated heterocycles. The third kappa shape index (κ3) is 3.87. The smallest absolute Gasteiger partial charge is 0.236 e. The summed E-state index contributed by atoms with van der Waals surface area (Å²) in [5.41, 5.74) is 2.43. The second-order valence-corrected chi connectivity index (χ2v) is 6.67. The van der Waals surface area contributed by atoms with E-state index in [0.29, 0.717) is 21.1 Å². The number of hydrogen-bond donors (Lipinski definition) is 1. The zero-order chi connectivity index (χ0) is 16.2. The maximum Gasteiger partial charge on any atom is 0.236 e. The van der Waals surface area contributed by atoms with Gasteiger partial charge in [-0.2, -0.15) is 0 Å². The third-order valence-electron chi connectivity index (χ3n) is 2.86. The number of hydrogen-bond acceptors (Lipinski definition) is 7. The number of rotatable bonds is 5. The summed E-state index contributed by atoms with van der Waals surface area (Å²) in [4.78, 5) is 11.8. The molecule has 0 aliphatic heterocycles. The van der Waals surface area contributed by atoms with Gasteiger partial charge < -0.3 is 4.57 Å². The Balaban J connectivity index is 1.66. The van der Waals surface area contributed by atoms with E-state index in [-0.39, 0.29) is 11.7 Å². The Morgan fingerprint density at radius 1 is 1.39 bits per heavy atom. The second-order valence-electron chi connectivity index (χ2n) is 4.46. The van der Waals surface area contributed by atoms with E-state index in [4.69, 9.17) is 11.6 Å². The van der Waals surface area contributed by atoms with Gasteiger partial charge in [0.05, 0.1) is 5.75 Å². The molecule has 1 N–H and O–H groups in total. The molecule has 0 fully saturated rings. The van der Waals surface area contributed by atoms with Gasteiger partial charge in [-0.15, -0.1) is 20.4 Å². The van der Waals surface area contributed by atoms with Crippen molar-refractivity contribution in [3.05, 3.63) is 34.8 Å². The van der Waals surface area contributed by atoms with Crippen molar-refractivity contribution in [3.8, 4) is 11.4 Å². The Morgan fingerprint density at radius 2 is 2.26 bits per heavy atom. The molecule has 1 amide bonds. The number of nitrogens with zero attached hydrogens (tertiary/aromatic N) is 5. The molecule has 0 bridgehead atoms. The van der Waals surface area contributed by atoms with Crippen molar-refractivity contribution in [1.29, 1.82) is 0 Å². The minimum Gasteiger partial charge on any atom is -0.305 e. The Hall–Kier alpha value is -1.97. The van der Waals surface area contributed by atoms with E-state index in [2.05, 4.69) is 25.7 Å². The fourth-order valence-electron chi connectivity index (χ4n) is 1.83. The van der Waals surface area contributed by atoms with Crippen LogP contribution >= 0.6 is 34.7 Å². The molecule has 2 aromatic heterocycles. The molecular formula is C13H11ClN6OS2. The predicted molar refractivity (Wildman–Crippen MR) is 90.7 cm³/mol. The molecule has 0 aliphatic rings. The Labute approximate surface area is 145 Å². The summed E-state index contributed by atoms with van der Waals surface area (Å²) in [5, 5.41) is 20.1. The zero-order valence-electron chi connectivity index (χ0n) is 11.9. The van der Waals surface area contributed by atoms with Crippen LogP contribution in [-0.4, -0.2) is 36.6 Å². The van der Waals surface area contributed by atoms with E-state index >= 15 is 0 Å². The van der Waals surface area contributed by atoms with Crippen LogP contribution in [0.5, 0.6) is 0 Å². The summed E-state index contributed by atoms with van der Waals surface area (Å²) in [6.45, 7) is 0. The van der Waals surface area contributed by atoms with Gasteiger partial charge in [-0.05, 0) is 12.1 Å². The molecule has 0 unspecified atom stereocenters. The van der Waals surface area contributed by atoms with Gasteiger partial charge in [-0.1, -0.05) is 46.8 Å². The minimum absolute atomic E-state index is 0.168. The molecule has 118 valence electrons. The van der Waals surface area contributed by atoms with Gasteiger partial charge in [0.1, 0.15) is 5.51 Å². The van der Waals surface area contributed by atoms with Crippen LogP contribution in [0.4, 0.5) is 5.13 Å². The van der Waals surface area contributed by atoms with Gasteiger partial charge in [0.2, 0.25) is 11.0 Å². The third-order valence-corrected chi connectivity index (χ3v) is 4.72. The van der Waals surface area contributed by atoms with E-state index in [1.807, 2.05) is 29.8 Å². The van der Waals surface area contributed by atoms with Gasteiger partial charge in [0, 0.05) is 17.6 Å². The summed E-state index contributed by atoms with van der Waals surface area (Å²) >= 11 is 8.57. The maximum absolute atomic E-state index is 11.8. The first-order valence-corrected chi connectivity index (χ1v) is 8.72. The lowest BCUT2D eigenvalue weighted by molar-refractivity contribution is -0.113. The highest BCUT2D eigenvalue weighted by Crippen LogP contribution is 2.24. The van der Waals surface area contributed by atoms with Crippen molar-refractivity contribution in [3.63, 3.8) is 0 Å². The lowest BCUT2D eigenvalue weighted by Crippen LogP contribution is -2.14. The lowest BCUT2D eigenvalue weighted by atomic mass is 10.2. The monoisotopic (exact) mass is 366 g/mol. The maximum atomic E-state index is 11.8. The van der Waals surface area contributed by atoms with Crippen LogP contribution in [0.1, 0.15) is 0 Å². The minimum atomic E-state index is -0.168. The van der Waals surface area contributed by atoms with E-state index in [1.54, 1.807) is 11.6 Å². The summed E-state index contributed by atoms with van der Waals surface area (Å²) in [6, 6.07) is 7.39. The largest absolute Gasteiger partial charge is 0.305 e. The first-order chi connectivity index (χ1) is 11.1. The van der Waals surface area contributed by atoms with Crippen molar-refractivity contribution in [2.24, 2.45) is 7.05 Å². The van der Waals surface area contributed by atoms with Gasteiger partial charge in [0.15, 0.2) is 11.0 Å². The molecule has 3 rings (SSSR count). The first kappa shape index (κ1) is 15.9. The topological polar surface area (TPSA) is 85.6 Å². The van der Waals surface area contributed by atoms with E-state index in [1.165, 1.54) is 23.1 Å². The number of aromatic nitrogens is 5. The second kappa shape index (κ2) is 7.07. The number of anilines is 1. The number of halogens is 1. The van der Waals surface area contributed by atoms with E-state index in [0.717, 1.165) is 5.56 Å². The summed E-state index contributed by atoms with van der Waals surface area (Å²) in [7, 11) is 1.85. The number of carbonyl (C=O) groups is 1. The molecule has 0 saturated carbocycles. The Bertz CT molecular complexity index is 820. The summed E-state index contributed by atoms with van der Waals surface area (Å²) in [6.07, 6.45) is 0. The molecule has 0 aliphatic carbocycles. The Morgan fingerprint density at radius 3 is 3.00 bits per heavy atom. The molecule has 10 heteroatoms.